The molecular weight excluding hydrogens is 337 g/mol. The second-order valence-corrected chi connectivity index (χ2v) is 6.72. The number of amides is 1. The minimum Gasteiger partial charge on any atom is -0.379 e. The Kier molecular flexibility index (Phi) is 10.7. The first-order chi connectivity index (χ1) is 10.0. The summed E-state index contributed by atoms with van der Waals surface area (Å²) in [5, 5.41) is 3.24. The number of nitrogens with one attached hydrogen (secondary N) is 1. The van der Waals surface area contributed by atoms with Crippen LogP contribution in [0.2, 0.25) is 0 Å². The van der Waals surface area contributed by atoms with Gasteiger partial charge in [-0.15, -0.1) is 24.8 Å². The van der Waals surface area contributed by atoms with E-state index in [-0.39, 0.29) is 48.3 Å². The highest BCUT2D eigenvalue weighted by Crippen LogP contribution is 2.38. The van der Waals surface area contributed by atoms with Crippen molar-refractivity contribution in [2.24, 2.45) is 5.73 Å². The lowest BCUT2D eigenvalue weighted by atomic mass is 9.86. The molecular formula is C16H33Cl2N3O2. The van der Waals surface area contributed by atoms with Crippen LogP contribution in [0.25, 0.3) is 0 Å². The molecule has 1 aliphatic heterocycles. The van der Waals surface area contributed by atoms with Gasteiger partial charge < -0.3 is 15.8 Å². The Hall–Kier alpha value is -0.0700. The van der Waals surface area contributed by atoms with Gasteiger partial charge in [0.2, 0.25) is 5.91 Å². The molecule has 0 aromatic rings. The maximum Gasteiger partial charge on any atom is 0.220 e. The van der Waals surface area contributed by atoms with Crippen molar-refractivity contribution in [3.05, 3.63) is 0 Å². The van der Waals surface area contributed by atoms with Crippen LogP contribution in [-0.2, 0) is 9.53 Å². The summed E-state index contributed by atoms with van der Waals surface area (Å²) in [5.74, 6) is 0.138. The number of nitrogens with zero attached hydrogens (tertiary/aromatic N) is 1. The van der Waals surface area contributed by atoms with E-state index in [1.807, 2.05) is 6.92 Å². The van der Waals surface area contributed by atoms with Crippen LogP contribution in [0.1, 0.15) is 52.4 Å². The van der Waals surface area contributed by atoms with E-state index < -0.39 is 0 Å². The van der Waals surface area contributed by atoms with E-state index >= 15 is 0 Å². The second kappa shape index (κ2) is 10.7. The van der Waals surface area contributed by atoms with Crippen LogP contribution < -0.4 is 11.1 Å². The molecule has 2 aliphatic rings. The summed E-state index contributed by atoms with van der Waals surface area (Å²) < 4.78 is 5.49. The molecule has 1 saturated heterocycles. The Morgan fingerprint density at radius 1 is 1.22 bits per heavy atom. The predicted molar refractivity (Wildman–Crippen MR) is 98.6 cm³/mol. The standard InChI is InChI=1S/C16H31N3O2.2ClH/c1-13(17)5-6-15(20)18-14(2)16(7-3-4-8-16)19-9-11-21-12-10-19;;/h13-14H,3-12,17H2,1-2H3,(H,18,20);2*1H. The highest BCUT2D eigenvalue weighted by atomic mass is 35.5. The normalized spacial score (nSPS) is 23.3. The lowest BCUT2D eigenvalue weighted by molar-refractivity contribution is -0.123. The summed E-state index contributed by atoms with van der Waals surface area (Å²) in [7, 11) is 0. The fourth-order valence-corrected chi connectivity index (χ4v) is 3.83. The molecule has 2 fully saturated rings. The number of morpholine rings is 1. The highest BCUT2D eigenvalue weighted by molar-refractivity contribution is 5.85. The topological polar surface area (TPSA) is 67.6 Å². The van der Waals surface area contributed by atoms with E-state index in [0.717, 1.165) is 32.7 Å². The zero-order valence-corrected chi connectivity index (χ0v) is 16.0. The van der Waals surface area contributed by atoms with Crippen molar-refractivity contribution in [3.63, 3.8) is 0 Å². The van der Waals surface area contributed by atoms with Crippen molar-refractivity contribution in [2.45, 2.75) is 70.0 Å². The van der Waals surface area contributed by atoms with Gasteiger partial charge in [0, 0.05) is 37.1 Å². The van der Waals surface area contributed by atoms with Gasteiger partial charge in [-0.1, -0.05) is 12.8 Å². The molecule has 5 nitrogen and oxygen atoms in total. The van der Waals surface area contributed by atoms with E-state index in [9.17, 15) is 4.79 Å². The van der Waals surface area contributed by atoms with Crippen molar-refractivity contribution in [1.82, 2.24) is 10.2 Å². The number of ether oxygens (including phenoxy) is 1. The van der Waals surface area contributed by atoms with Crippen LogP contribution in [0.4, 0.5) is 0 Å². The van der Waals surface area contributed by atoms with Gasteiger partial charge in [-0.2, -0.15) is 0 Å². The lowest BCUT2D eigenvalue weighted by Gasteiger charge is -2.47. The molecule has 0 radical (unpaired) electrons. The van der Waals surface area contributed by atoms with Gasteiger partial charge in [-0.3, -0.25) is 9.69 Å². The van der Waals surface area contributed by atoms with Gasteiger partial charge in [0.25, 0.3) is 0 Å². The molecule has 0 aromatic carbocycles. The van der Waals surface area contributed by atoms with Crippen LogP contribution in [0.5, 0.6) is 0 Å². The van der Waals surface area contributed by atoms with Gasteiger partial charge >= 0.3 is 0 Å². The third kappa shape index (κ3) is 6.05. The number of nitrogens with two attached hydrogens (primary N) is 1. The van der Waals surface area contributed by atoms with Crippen LogP contribution in [0.15, 0.2) is 0 Å². The van der Waals surface area contributed by atoms with Crippen molar-refractivity contribution in [1.29, 1.82) is 0 Å². The molecule has 2 rings (SSSR count). The molecule has 7 heteroatoms. The smallest absolute Gasteiger partial charge is 0.220 e. The molecule has 0 aromatic heterocycles. The maximum atomic E-state index is 12.1. The average Bonchev–Trinajstić information content (AvgIpc) is 2.97. The van der Waals surface area contributed by atoms with Crippen LogP contribution in [-0.4, -0.2) is 54.7 Å². The number of carbonyl (C=O) groups excluding carboxylic acids is 1. The molecule has 2 unspecified atom stereocenters. The summed E-state index contributed by atoms with van der Waals surface area (Å²) in [4.78, 5) is 14.7. The minimum absolute atomic E-state index is 0. The van der Waals surface area contributed by atoms with Crippen molar-refractivity contribution in [2.75, 3.05) is 26.3 Å². The van der Waals surface area contributed by atoms with E-state index in [2.05, 4.69) is 17.1 Å². The minimum atomic E-state index is 0. The molecule has 2 atom stereocenters. The van der Waals surface area contributed by atoms with Gasteiger partial charge in [0.1, 0.15) is 0 Å². The maximum absolute atomic E-state index is 12.1. The van der Waals surface area contributed by atoms with Crippen molar-refractivity contribution in [3.8, 4) is 0 Å². The summed E-state index contributed by atoms with van der Waals surface area (Å²) in [6.45, 7) is 7.72. The van der Waals surface area contributed by atoms with Gasteiger partial charge in [-0.05, 0) is 33.1 Å². The third-order valence-electron chi connectivity index (χ3n) is 5.12. The molecule has 1 aliphatic carbocycles. The summed E-state index contributed by atoms with van der Waals surface area (Å²) in [6, 6.07) is 0.282. The number of hydrogen-bond acceptors (Lipinski definition) is 4. The molecule has 1 saturated carbocycles. The zero-order chi connectivity index (χ0) is 15.3. The Morgan fingerprint density at radius 3 is 2.30 bits per heavy atom. The molecule has 1 heterocycles. The molecule has 3 N–H and O–H groups in total. The summed E-state index contributed by atoms with van der Waals surface area (Å²) in [5.41, 5.74) is 5.87. The lowest BCUT2D eigenvalue weighted by Crippen LogP contribution is -2.62. The highest BCUT2D eigenvalue weighted by Gasteiger charge is 2.44. The number of carbonyl (C=O) groups is 1. The number of rotatable bonds is 6. The largest absolute Gasteiger partial charge is 0.379 e. The molecule has 23 heavy (non-hydrogen) atoms. The average molecular weight is 370 g/mol. The number of hydrogen-bond donors (Lipinski definition) is 2. The zero-order valence-electron chi connectivity index (χ0n) is 14.4. The Labute approximate surface area is 152 Å². The SMILES string of the molecule is CC(N)CCC(=O)NC(C)C1(N2CCOCC2)CCCC1.Cl.Cl. The number of halogens is 2. The Bertz CT molecular complexity index is 344. The van der Waals surface area contributed by atoms with E-state index in [4.69, 9.17) is 10.5 Å². The fourth-order valence-electron chi connectivity index (χ4n) is 3.83. The quantitative estimate of drug-likeness (QED) is 0.752. The third-order valence-corrected chi connectivity index (χ3v) is 5.12. The molecule has 1 amide bonds. The van der Waals surface area contributed by atoms with Gasteiger partial charge in [0.15, 0.2) is 0 Å². The van der Waals surface area contributed by atoms with E-state index in [0.29, 0.717) is 6.42 Å². The molecule has 138 valence electrons. The first kappa shape index (κ1) is 22.9. The van der Waals surface area contributed by atoms with E-state index in [1.54, 1.807) is 0 Å². The summed E-state index contributed by atoms with van der Waals surface area (Å²) in [6.07, 6.45) is 6.17. The van der Waals surface area contributed by atoms with E-state index in [1.165, 1.54) is 25.7 Å². The molecule has 0 spiro atoms. The first-order valence-corrected chi connectivity index (χ1v) is 8.42. The Morgan fingerprint density at radius 2 is 1.78 bits per heavy atom. The predicted octanol–water partition coefficient (Wildman–Crippen LogP) is 2.11. The van der Waals surface area contributed by atoms with Crippen molar-refractivity contribution >= 4 is 30.7 Å². The Balaban J connectivity index is 0.00000242. The second-order valence-electron chi connectivity index (χ2n) is 6.72. The summed E-state index contributed by atoms with van der Waals surface area (Å²) >= 11 is 0. The first-order valence-electron chi connectivity index (χ1n) is 8.42. The molecule has 0 bridgehead atoms. The van der Waals surface area contributed by atoms with Gasteiger partial charge in [0.05, 0.1) is 13.2 Å². The van der Waals surface area contributed by atoms with Crippen LogP contribution in [0, 0.1) is 0 Å². The fraction of sp³-hybridized carbons (Fsp3) is 0.938. The van der Waals surface area contributed by atoms with Crippen LogP contribution >= 0.6 is 24.8 Å². The van der Waals surface area contributed by atoms with Crippen LogP contribution in [0.3, 0.4) is 0 Å². The monoisotopic (exact) mass is 369 g/mol. The van der Waals surface area contributed by atoms with Crippen molar-refractivity contribution < 1.29 is 9.53 Å². The van der Waals surface area contributed by atoms with Gasteiger partial charge in [-0.25, -0.2) is 0 Å².